The van der Waals surface area contributed by atoms with Gasteiger partial charge in [0.1, 0.15) is 0 Å². The van der Waals surface area contributed by atoms with E-state index < -0.39 is 0 Å². The van der Waals surface area contributed by atoms with Gasteiger partial charge in [-0.25, -0.2) is 20.0 Å². The lowest BCUT2D eigenvalue weighted by atomic mass is 9.97. The first-order valence-corrected chi connectivity index (χ1v) is 27.4. The van der Waals surface area contributed by atoms with Crippen LogP contribution in [0.2, 0.25) is 0 Å². The van der Waals surface area contributed by atoms with Gasteiger partial charge in [-0.1, -0.05) is 200 Å². The van der Waals surface area contributed by atoms with Gasteiger partial charge in [-0.2, -0.15) is 0 Å². The number of hydrogen-bond donors (Lipinski definition) is 0. The standard InChI is InChI=1S/C71H48N6S/c1-45-33-40-60(47-19-6-2-7-20-47)72-71(74-66(45)49-36-34-46(35-37-49)54-29-18-30-57-56-28-15-17-32-64(56)78-68(54)57)77-63-42-39-52(51-38-41-62-58(43-51)55-27-14-16-31-61(55)76(62)53-25-12-5-13-26-53)44-59(63)65-67(48-21-8-3-9-22-48)73-69(75-70(65)77)50-23-10-4-11-24-50/h2-32,34-39,41-44H,33,40H2,1H3/b66-45+,72-60?,74-71?. The van der Waals surface area contributed by atoms with Crippen LogP contribution in [0.25, 0.3) is 120 Å². The van der Waals surface area contributed by atoms with Crippen LogP contribution in [0.5, 0.6) is 0 Å². The monoisotopic (exact) mass is 1020 g/mol. The highest BCUT2D eigenvalue weighted by Crippen LogP contribution is 2.43. The number of aromatic nitrogens is 4. The van der Waals surface area contributed by atoms with Crippen LogP contribution >= 0.6 is 11.3 Å². The third kappa shape index (κ3) is 7.69. The Morgan fingerprint density at radius 1 is 0.397 bits per heavy atom. The predicted octanol–water partition coefficient (Wildman–Crippen LogP) is 18.6. The topological polar surface area (TPSA) is 60.4 Å². The fourth-order valence-electron chi connectivity index (χ4n) is 11.7. The fourth-order valence-corrected chi connectivity index (χ4v) is 12.9. The summed E-state index contributed by atoms with van der Waals surface area (Å²) < 4.78 is 7.16. The summed E-state index contributed by atoms with van der Waals surface area (Å²) in [5.74, 6) is 1.17. The van der Waals surface area contributed by atoms with Crippen LogP contribution in [-0.2, 0) is 0 Å². The molecule has 14 aromatic rings. The fraction of sp³-hybridized carbons (Fsp3) is 0.0423. The molecule has 6 nitrogen and oxygen atoms in total. The van der Waals surface area contributed by atoms with Crippen molar-refractivity contribution >= 4 is 92.6 Å². The summed E-state index contributed by atoms with van der Waals surface area (Å²) in [6.07, 6.45) is 1.53. The van der Waals surface area contributed by atoms with Gasteiger partial charge in [0.25, 0.3) is 0 Å². The van der Waals surface area contributed by atoms with E-state index >= 15 is 0 Å². The normalized spacial score (nSPS) is 14.1. The molecule has 10 aromatic carbocycles. The average Bonchev–Trinajstić information content (AvgIpc) is 4.20. The maximum Gasteiger partial charge on any atom is 0.236 e. The van der Waals surface area contributed by atoms with E-state index in [1.807, 2.05) is 29.5 Å². The molecule has 78 heavy (non-hydrogen) atoms. The van der Waals surface area contributed by atoms with E-state index in [0.29, 0.717) is 11.8 Å². The van der Waals surface area contributed by atoms with Gasteiger partial charge in [0.2, 0.25) is 5.96 Å². The van der Waals surface area contributed by atoms with Crippen molar-refractivity contribution < 1.29 is 0 Å². The highest BCUT2D eigenvalue weighted by atomic mass is 32.1. The predicted molar refractivity (Wildman–Crippen MR) is 328 cm³/mol. The van der Waals surface area contributed by atoms with E-state index in [2.05, 4.69) is 247 Å². The van der Waals surface area contributed by atoms with Crippen LogP contribution < -0.4 is 0 Å². The molecule has 0 spiro atoms. The summed E-state index contributed by atoms with van der Waals surface area (Å²) in [5, 5.41) is 6.94. The van der Waals surface area contributed by atoms with Crippen molar-refractivity contribution in [2.24, 2.45) is 9.98 Å². The molecule has 1 aliphatic rings. The van der Waals surface area contributed by atoms with Gasteiger partial charge >= 0.3 is 0 Å². The molecule has 0 radical (unpaired) electrons. The summed E-state index contributed by atoms with van der Waals surface area (Å²) >= 11 is 1.86. The molecule has 0 aliphatic carbocycles. The van der Waals surface area contributed by atoms with Crippen molar-refractivity contribution in [3.05, 3.63) is 265 Å². The molecule has 7 heteroatoms. The Labute approximate surface area is 454 Å². The van der Waals surface area contributed by atoms with Crippen molar-refractivity contribution in [2.45, 2.75) is 19.8 Å². The molecule has 0 bridgehead atoms. The summed E-state index contributed by atoms with van der Waals surface area (Å²) in [5.41, 5.74) is 17.7. The Morgan fingerprint density at radius 3 is 1.72 bits per heavy atom. The minimum atomic E-state index is 0.543. The lowest BCUT2D eigenvalue weighted by Gasteiger charge is -2.18. The number of allylic oxidation sites excluding steroid dienone is 1. The first-order valence-electron chi connectivity index (χ1n) is 26.6. The third-order valence-corrected chi connectivity index (χ3v) is 16.7. The number of rotatable bonds is 7. The van der Waals surface area contributed by atoms with Gasteiger partial charge in [0.05, 0.1) is 39.0 Å². The number of aliphatic imine (C=N–C) groups is 2. The first kappa shape index (κ1) is 45.6. The van der Waals surface area contributed by atoms with E-state index in [9.17, 15) is 0 Å². The SMILES string of the molecule is C/C1=C(/c2ccc(-c3cccc4c3sc3ccccc34)cc2)N=C(n2c3ccc(-c4ccc5c(c4)c4ccccc4n5-c4ccccc4)cc3c3c(-c4ccccc4)nc(-c4ccccc4)nc32)N=C(c2ccccc2)CC1. The highest BCUT2D eigenvalue weighted by molar-refractivity contribution is 7.26. The summed E-state index contributed by atoms with van der Waals surface area (Å²) in [6, 6.07) is 88.7. The Morgan fingerprint density at radius 2 is 0.974 bits per heavy atom. The summed E-state index contributed by atoms with van der Waals surface area (Å²) in [7, 11) is 0. The lowest BCUT2D eigenvalue weighted by Crippen LogP contribution is -2.16. The maximum absolute atomic E-state index is 5.77. The van der Waals surface area contributed by atoms with Gasteiger partial charge < -0.3 is 4.57 Å². The Balaban J connectivity index is 0.969. The molecule has 15 rings (SSSR count). The quantitative estimate of drug-likeness (QED) is 0.160. The van der Waals surface area contributed by atoms with Crippen molar-refractivity contribution in [2.75, 3.05) is 0 Å². The van der Waals surface area contributed by atoms with Crippen LogP contribution in [0.1, 0.15) is 30.9 Å². The van der Waals surface area contributed by atoms with Gasteiger partial charge in [-0.15, -0.1) is 11.3 Å². The molecular formula is C71H48N6S. The molecule has 0 saturated heterocycles. The molecule has 1 aliphatic heterocycles. The van der Waals surface area contributed by atoms with Crippen molar-refractivity contribution in [1.29, 1.82) is 0 Å². The zero-order valence-corrected chi connectivity index (χ0v) is 43.5. The molecule has 0 unspecified atom stereocenters. The van der Waals surface area contributed by atoms with E-state index in [4.69, 9.17) is 20.0 Å². The first-order chi connectivity index (χ1) is 38.6. The van der Waals surface area contributed by atoms with Crippen LogP contribution in [-0.4, -0.2) is 30.8 Å². The molecule has 0 atom stereocenters. The molecular weight excluding hydrogens is 969 g/mol. The zero-order valence-electron chi connectivity index (χ0n) is 42.7. The van der Waals surface area contributed by atoms with Crippen LogP contribution in [0.4, 0.5) is 0 Å². The number of nitrogens with zero attached hydrogens (tertiary/aromatic N) is 6. The van der Waals surface area contributed by atoms with E-state index in [1.54, 1.807) is 0 Å². The third-order valence-electron chi connectivity index (χ3n) is 15.5. The average molecular weight is 1020 g/mol. The van der Waals surface area contributed by atoms with Crippen molar-refractivity contribution in [1.82, 2.24) is 19.1 Å². The Kier molecular flexibility index (Phi) is 11.0. The molecule has 0 amide bonds. The van der Waals surface area contributed by atoms with Gasteiger partial charge in [0.15, 0.2) is 11.5 Å². The smallest absolute Gasteiger partial charge is 0.236 e. The van der Waals surface area contributed by atoms with Gasteiger partial charge in [-0.3, -0.25) is 4.57 Å². The Bertz CT molecular complexity index is 4760. The van der Waals surface area contributed by atoms with Crippen LogP contribution in [0, 0.1) is 0 Å². The second-order valence-corrected chi connectivity index (χ2v) is 21.2. The molecule has 368 valence electrons. The van der Waals surface area contributed by atoms with E-state index in [-0.39, 0.29) is 0 Å². The number of hydrogen-bond acceptors (Lipinski definition) is 5. The van der Waals surface area contributed by atoms with Crippen molar-refractivity contribution in [3.8, 4) is 50.6 Å². The summed E-state index contributed by atoms with van der Waals surface area (Å²) in [4.78, 5) is 22.5. The minimum absolute atomic E-state index is 0.543. The van der Waals surface area contributed by atoms with Gasteiger partial charge in [0, 0.05) is 58.7 Å². The van der Waals surface area contributed by atoms with Crippen molar-refractivity contribution in [3.63, 3.8) is 0 Å². The second-order valence-electron chi connectivity index (χ2n) is 20.1. The number of thiophene rings is 1. The van der Waals surface area contributed by atoms with E-state index in [1.165, 1.54) is 53.2 Å². The minimum Gasteiger partial charge on any atom is -0.309 e. The molecule has 0 N–H and O–H groups in total. The Hall–Kier alpha value is -9.82. The lowest BCUT2D eigenvalue weighted by molar-refractivity contribution is 0.996. The second kappa shape index (κ2) is 18.8. The molecule has 5 heterocycles. The number of fused-ring (bicyclic) bond motifs is 9. The highest BCUT2D eigenvalue weighted by Gasteiger charge is 2.26. The summed E-state index contributed by atoms with van der Waals surface area (Å²) in [6.45, 7) is 2.23. The van der Waals surface area contributed by atoms with E-state index in [0.717, 1.165) is 96.5 Å². The largest absolute Gasteiger partial charge is 0.309 e. The number of benzene rings is 10. The maximum atomic E-state index is 5.77. The molecule has 0 fully saturated rings. The van der Waals surface area contributed by atoms with Crippen LogP contribution in [0.3, 0.4) is 0 Å². The molecule has 0 saturated carbocycles. The van der Waals surface area contributed by atoms with Crippen LogP contribution in [0.15, 0.2) is 264 Å². The molecule has 4 aromatic heterocycles. The van der Waals surface area contributed by atoms with Gasteiger partial charge in [-0.05, 0) is 102 Å². The zero-order chi connectivity index (χ0) is 51.7. The number of para-hydroxylation sites is 2.